The fraction of sp³-hybridized carbons (Fsp3) is 0.483. The van der Waals surface area contributed by atoms with Gasteiger partial charge in [0.25, 0.3) is 0 Å². The second kappa shape index (κ2) is 12.7. The van der Waals surface area contributed by atoms with Crippen molar-refractivity contribution in [1.29, 1.82) is 0 Å². The Balaban J connectivity index is 1.38. The highest BCUT2D eigenvalue weighted by Crippen LogP contribution is 2.47. The maximum atomic E-state index is 14.2. The summed E-state index contributed by atoms with van der Waals surface area (Å²) in [7, 11) is -2.71. The number of imidazole rings is 1. The fourth-order valence-electron chi connectivity index (χ4n) is 4.87. The summed E-state index contributed by atoms with van der Waals surface area (Å²) in [5.41, 5.74) is 5.01. The van der Waals surface area contributed by atoms with Gasteiger partial charge in [-0.25, -0.2) is 9.55 Å². The van der Waals surface area contributed by atoms with E-state index in [1.807, 2.05) is 26.8 Å². The van der Waals surface area contributed by atoms with Crippen LogP contribution in [0.4, 0.5) is 11.8 Å². The third-order valence-corrected chi connectivity index (χ3v) is 8.89. The molecule has 16 nitrogen and oxygen atoms in total. The molecule has 0 amide bonds. The zero-order chi connectivity index (χ0) is 33.4. The molecule has 0 saturated carbocycles. The van der Waals surface area contributed by atoms with Crippen LogP contribution in [0.5, 0.6) is 5.75 Å². The normalized spacial score (nSPS) is 23.7. The van der Waals surface area contributed by atoms with Gasteiger partial charge in [-0.2, -0.15) is 15.1 Å². The average Bonchev–Trinajstić information content (AvgIpc) is 3.50. The number of nitrogens with two attached hydrogens (primary N) is 1. The SMILES string of the molecule is CNc1nc(N)nc2c1ncn2C1OC(COP(=O)(NC(C)C(=O)OCC(C)(C)C)Oc2ccc3ncccc3c2)C(O)C1(C)O. The third-order valence-electron chi connectivity index (χ3n) is 7.24. The fourth-order valence-corrected chi connectivity index (χ4v) is 6.36. The molecule has 46 heavy (non-hydrogen) atoms. The zero-order valence-corrected chi connectivity index (χ0v) is 27.3. The number of carbonyl (C=O) groups is 1. The molecule has 6 atom stereocenters. The molecule has 6 unspecified atom stereocenters. The minimum Gasteiger partial charge on any atom is -0.464 e. The van der Waals surface area contributed by atoms with Crippen LogP contribution in [-0.2, 0) is 23.4 Å². The first-order chi connectivity index (χ1) is 21.6. The van der Waals surface area contributed by atoms with Gasteiger partial charge in [-0.1, -0.05) is 26.8 Å². The summed E-state index contributed by atoms with van der Waals surface area (Å²) in [5.74, 6) is -0.171. The Morgan fingerprint density at radius 2 is 2.02 bits per heavy atom. The molecule has 1 aliphatic heterocycles. The Hall–Kier alpha value is -3.92. The molecule has 1 saturated heterocycles. The average molecular weight is 659 g/mol. The Morgan fingerprint density at radius 3 is 2.74 bits per heavy atom. The number of hydrogen-bond acceptors (Lipinski definition) is 14. The summed E-state index contributed by atoms with van der Waals surface area (Å²) in [5, 5.41) is 28.8. The minimum atomic E-state index is -4.36. The minimum absolute atomic E-state index is 0.0412. The number of nitrogen functional groups attached to an aromatic ring is 1. The van der Waals surface area contributed by atoms with Gasteiger partial charge in [-0.05, 0) is 43.5 Å². The monoisotopic (exact) mass is 658 g/mol. The topological polar surface area (TPSA) is 218 Å². The maximum absolute atomic E-state index is 14.2. The predicted molar refractivity (Wildman–Crippen MR) is 169 cm³/mol. The molecule has 0 aliphatic carbocycles. The molecule has 1 aliphatic rings. The number of anilines is 2. The summed E-state index contributed by atoms with van der Waals surface area (Å²) >= 11 is 0. The quantitative estimate of drug-likeness (QED) is 0.116. The smallest absolute Gasteiger partial charge is 0.459 e. The van der Waals surface area contributed by atoms with Gasteiger partial charge in [0.1, 0.15) is 29.6 Å². The van der Waals surface area contributed by atoms with Gasteiger partial charge in [-0.3, -0.25) is 18.9 Å². The van der Waals surface area contributed by atoms with E-state index >= 15 is 0 Å². The number of fused-ring (bicyclic) bond motifs is 2. The van der Waals surface area contributed by atoms with Crippen LogP contribution in [0.3, 0.4) is 0 Å². The summed E-state index contributed by atoms with van der Waals surface area (Å²) in [4.78, 5) is 29.7. The van der Waals surface area contributed by atoms with Crippen LogP contribution in [-0.4, -0.2) is 84.8 Å². The second-order valence-corrected chi connectivity index (χ2v) is 14.2. The van der Waals surface area contributed by atoms with Gasteiger partial charge in [0, 0.05) is 18.6 Å². The van der Waals surface area contributed by atoms with Crippen molar-refractivity contribution in [3.63, 3.8) is 0 Å². The number of nitrogens with one attached hydrogen (secondary N) is 2. The van der Waals surface area contributed by atoms with Crippen molar-refractivity contribution in [3.05, 3.63) is 42.9 Å². The third kappa shape index (κ3) is 7.07. The van der Waals surface area contributed by atoms with E-state index in [0.29, 0.717) is 16.9 Å². The van der Waals surface area contributed by atoms with E-state index in [4.69, 9.17) is 24.3 Å². The molecular formula is C29H39N8O8P. The van der Waals surface area contributed by atoms with Gasteiger partial charge in [0.15, 0.2) is 23.2 Å². The van der Waals surface area contributed by atoms with E-state index in [9.17, 15) is 19.6 Å². The van der Waals surface area contributed by atoms with Crippen LogP contribution >= 0.6 is 7.75 Å². The van der Waals surface area contributed by atoms with Gasteiger partial charge in [0.2, 0.25) is 5.95 Å². The van der Waals surface area contributed by atoms with E-state index in [1.165, 1.54) is 24.7 Å². The number of aromatic nitrogens is 5. The first-order valence-corrected chi connectivity index (χ1v) is 16.1. The van der Waals surface area contributed by atoms with Crippen molar-refractivity contribution in [3.8, 4) is 5.75 Å². The number of hydrogen-bond donors (Lipinski definition) is 5. The van der Waals surface area contributed by atoms with E-state index in [1.54, 1.807) is 37.5 Å². The van der Waals surface area contributed by atoms with Crippen molar-refractivity contribution in [2.75, 3.05) is 31.3 Å². The van der Waals surface area contributed by atoms with Crippen molar-refractivity contribution in [2.45, 2.75) is 64.7 Å². The van der Waals surface area contributed by atoms with Gasteiger partial charge in [0.05, 0.1) is 25.1 Å². The molecule has 0 spiro atoms. The largest absolute Gasteiger partial charge is 0.464 e. The van der Waals surface area contributed by atoms with Crippen molar-refractivity contribution < 1.29 is 38.1 Å². The molecule has 17 heteroatoms. The van der Waals surface area contributed by atoms with E-state index in [0.717, 1.165) is 5.39 Å². The number of nitrogens with zero attached hydrogens (tertiary/aromatic N) is 5. The van der Waals surface area contributed by atoms with Crippen LogP contribution in [0, 0.1) is 5.41 Å². The van der Waals surface area contributed by atoms with Gasteiger partial charge in [-0.15, -0.1) is 0 Å². The number of benzene rings is 1. The lowest BCUT2D eigenvalue weighted by Crippen LogP contribution is -2.44. The number of aliphatic hydroxyl groups is 2. The lowest BCUT2D eigenvalue weighted by atomic mass is 9.96. The van der Waals surface area contributed by atoms with E-state index in [-0.39, 0.29) is 29.4 Å². The first kappa shape index (κ1) is 33.4. The first-order valence-electron chi connectivity index (χ1n) is 14.6. The summed E-state index contributed by atoms with van der Waals surface area (Å²) in [6.45, 7) is 8.20. The van der Waals surface area contributed by atoms with E-state index < -0.39 is 50.4 Å². The molecule has 6 N–H and O–H groups in total. The van der Waals surface area contributed by atoms with Crippen molar-refractivity contribution >= 4 is 47.5 Å². The predicted octanol–water partition coefficient (Wildman–Crippen LogP) is 2.78. The molecule has 0 radical (unpaired) electrons. The molecule has 1 fully saturated rings. The van der Waals surface area contributed by atoms with Crippen LogP contribution in [0.1, 0.15) is 40.8 Å². The molecule has 248 valence electrons. The molecule has 4 aromatic rings. The molecule has 5 rings (SSSR count). The number of rotatable bonds is 11. The molecule has 4 heterocycles. The Morgan fingerprint density at radius 1 is 1.26 bits per heavy atom. The standard InChI is InChI=1S/C29H39N8O8P/c1-16(25(39)42-14-28(2,3)4)36-46(41,45-18-9-10-19-17(12-18)8-7-11-32-19)43-13-20-22(38)29(5,40)26(44-20)37-15-33-21-23(31-6)34-27(30)35-24(21)37/h7-12,15-16,20,22,26,38,40H,13-14H2,1-6H3,(H,36,41)(H3,30,31,34,35). The molecule has 0 bridgehead atoms. The number of esters is 1. The highest BCUT2D eigenvalue weighted by molar-refractivity contribution is 7.52. The van der Waals surface area contributed by atoms with Crippen molar-refractivity contribution in [1.82, 2.24) is 29.6 Å². The van der Waals surface area contributed by atoms with Crippen molar-refractivity contribution in [2.24, 2.45) is 5.41 Å². The molecular weight excluding hydrogens is 619 g/mol. The maximum Gasteiger partial charge on any atom is 0.459 e. The van der Waals surface area contributed by atoms with E-state index in [2.05, 4.69) is 30.3 Å². The van der Waals surface area contributed by atoms with Crippen LogP contribution in [0.15, 0.2) is 42.9 Å². The summed E-state index contributed by atoms with van der Waals surface area (Å²) in [6, 6.07) is 7.33. The molecule has 1 aromatic carbocycles. The number of aliphatic hydroxyl groups excluding tert-OH is 1. The lowest BCUT2D eigenvalue weighted by molar-refractivity contribution is -0.148. The number of ether oxygens (including phenoxy) is 2. The Kier molecular flexibility index (Phi) is 9.23. The van der Waals surface area contributed by atoms with Crippen LogP contribution < -0.4 is 20.7 Å². The highest BCUT2D eigenvalue weighted by atomic mass is 31.2. The number of carbonyl (C=O) groups excluding carboxylic acids is 1. The molecule has 3 aromatic heterocycles. The van der Waals surface area contributed by atoms with Gasteiger partial charge >= 0.3 is 13.7 Å². The second-order valence-electron chi connectivity index (χ2n) is 12.5. The summed E-state index contributed by atoms with van der Waals surface area (Å²) in [6.07, 6.45) is -0.904. The summed E-state index contributed by atoms with van der Waals surface area (Å²) < 4.78 is 38.7. The van der Waals surface area contributed by atoms with Crippen LogP contribution in [0.2, 0.25) is 0 Å². The highest BCUT2D eigenvalue weighted by Gasteiger charge is 2.54. The lowest BCUT2D eigenvalue weighted by Gasteiger charge is -2.27. The Labute approximate surface area is 265 Å². The van der Waals surface area contributed by atoms with Crippen LogP contribution in [0.25, 0.3) is 22.1 Å². The Bertz CT molecular complexity index is 1780. The zero-order valence-electron chi connectivity index (χ0n) is 26.4. The number of pyridine rings is 1. The van der Waals surface area contributed by atoms with Gasteiger partial charge < -0.3 is 35.3 Å².